The van der Waals surface area contributed by atoms with Gasteiger partial charge >= 0.3 is 12.1 Å². The summed E-state index contributed by atoms with van der Waals surface area (Å²) < 4.78 is 43.9. The molecule has 0 radical (unpaired) electrons. The minimum Gasteiger partial charge on any atom is -0.460 e. The van der Waals surface area contributed by atoms with Crippen LogP contribution in [0.5, 0.6) is 0 Å². The topological polar surface area (TPSA) is 72.0 Å². The van der Waals surface area contributed by atoms with Crippen LogP contribution in [0.25, 0.3) is 11.4 Å². The molecule has 0 aliphatic carbocycles. The highest BCUT2D eigenvalue weighted by atomic mass is 35.5. The second-order valence-electron chi connectivity index (χ2n) is 6.51. The quantitative estimate of drug-likeness (QED) is 0.807. The number of ether oxygens (including phenoxy) is 1. The number of hydrogen-bond donors (Lipinski definition) is 1. The van der Waals surface area contributed by atoms with Crippen molar-refractivity contribution >= 4 is 17.6 Å². The third-order valence-corrected chi connectivity index (χ3v) is 3.59. The molecular formula is C17H16ClF3N2O3. The van der Waals surface area contributed by atoms with Crippen molar-refractivity contribution in [3.63, 3.8) is 0 Å². The number of benzene rings is 1. The van der Waals surface area contributed by atoms with Crippen molar-refractivity contribution < 1.29 is 22.7 Å². The van der Waals surface area contributed by atoms with E-state index in [9.17, 15) is 22.8 Å². The molecule has 0 aliphatic heterocycles. The summed E-state index contributed by atoms with van der Waals surface area (Å²) in [5, 5.41) is -0.567. The Hall–Kier alpha value is -2.35. The van der Waals surface area contributed by atoms with E-state index < -0.39 is 33.9 Å². The number of aromatic nitrogens is 2. The van der Waals surface area contributed by atoms with E-state index in [4.69, 9.17) is 16.3 Å². The van der Waals surface area contributed by atoms with Crippen LogP contribution in [0.2, 0.25) is 5.02 Å². The van der Waals surface area contributed by atoms with E-state index in [2.05, 4.69) is 9.97 Å². The zero-order chi connectivity index (χ0) is 19.7. The van der Waals surface area contributed by atoms with Crippen LogP contribution in [0, 0.1) is 0 Å². The van der Waals surface area contributed by atoms with Crippen molar-refractivity contribution in [3.8, 4) is 11.4 Å². The molecule has 0 atom stereocenters. The van der Waals surface area contributed by atoms with E-state index in [0.717, 1.165) is 12.3 Å². The van der Waals surface area contributed by atoms with Crippen LogP contribution in [0.1, 0.15) is 31.9 Å². The Kier molecular flexibility index (Phi) is 5.46. The number of carbonyl (C=O) groups excluding carboxylic acids is 1. The smallest absolute Gasteiger partial charge is 0.417 e. The number of alkyl halides is 3. The van der Waals surface area contributed by atoms with Crippen molar-refractivity contribution in [2.24, 2.45) is 0 Å². The minimum absolute atomic E-state index is 0.0334. The van der Waals surface area contributed by atoms with Crippen LogP contribution in [0.4, 0.5) is 13.2 Å². The number of hydrogen-bond acceptors (Lipinski definition) is 4. The van der Waals surface area contributed by atoms with E-state index in [-0.39, 0.29) is 23.4 Å². The highest BCUT2D eigenvalue weighted by Gasteiger charge is 2.34. The van der Waals surface area contributed by atoms with Gasteiger partial charge in [0.2, 0.25) is 0 Å². The molecule has 0 unspecified atom stereocenters. The molecule has 1 aromatic heterocycles. The molecule has 0 aliphatic rings. The number of esters is 1. The summed E-state index contributed by atoms with van der Waals surface area (Å²) in [7, 11) is 0. The van der Waals surface area contributed by atoms with Crippen LogP contribution >= 0.6 is 11.6 Å². The predicted molar refractivity (Wildman–Crippen MR) is 89.9 cm³/mol. The molecule has 0 bridgehead atoms. The fourth-order valence-corrected chi connectivity index (χ4v) is 2.47. The van der Waals surface area contributed by atoms with Gasteiger partial charge < -0.3 is 9.72 Å². The summed E-state index contributed by atoms with van der Waals surface area (Å²) in [5.41, 5.74) is -2.43. The Morgan fingerprint density at radius 2 is 1.92 bits per heavy atom. The Morgan fingerprint density at radius 1 is 1.27 bits per heavy atom. The fraction of sp³-hybridized carbons (Fsp3) is 0.353. The lowest BCUT2D eigenvalue weighted by molar-refractivity contribution is -0.154. The first-order chi connectivity index (χ1) is 11.9. The molecule has 2 rings (SSSR count). The fourth-order valence-electron chi connectivity index (χ4n) is 2.15. The Bertz CT molecular complexity index is 886. The number of carbonyl (C=O) groups is 1. The van der Waals surface area contributed by atoms with Gasteiger partial charge in [-0.05, 0) is 32.9 Å². The summed E-state index contributed by atoms with van der Waals surface area (Å²) in [6.07, 6.45) is -3.82. The second-order valence-corrected chi connectivity index (χ2v) is 6.89. The van der Waals surface area contributed by atoms with Crippen LogP contribution < -0.4 is 5.56 Å². The third kappa shape index (κ3) is 4.85. The molecule has 0 amide bonds. The predicted octanol–water partition coefficient (Wildman–Crippen LogP) is 3.99. The van der Waals surface area contributed by atoms with Crippen LogP contribution in [-0.2, 0) is 22.1 Å². The molecule has 1 N–H and O–H groups in total. The molecule has 5 nitrogen and oxygen atoms in total. The second kappa shape index (κ2) is 7.11. The van der Waals surface area contributed by atoms with E-state index in [0.29, 0.717) is 0 Å². The summed E-state index contributed by atoms with van der Waals surface area (Å²) in [4.78, 5) is 30.2. The SMILES string of the molecule is CC(C)(C)OC(=O)Cc1cnc(-c2cccc(C(F)(F)F)c2Cl)[nH]c1=O. The summed E-state index contributed by atoms with van der Waals surface area (Å²) in [6, 6.07) is 3.31. The van der Waals surface area contributed by atoms with E-state index in [1.165, 1.54) is 12.1 Å². The molecule has 2 aromatic rings. The first-order valence-corrected chi connectivity index (χ1v) is 7.92. The van der Waals surface area contributed by atoms with Gasteiger partial charge in [-0.2, -0.15) is 13.2 Å². The largest absolute Gasteiger partial charge is 0.460 e. The number of halogens is 4. The zero-order valence-corrected chi connectivity index (χ0v) is 15.0. The van der Waals surface area contributed by atoms with Crippen molar-refractivity contribution in [1.29, 1.82) is 0 Å². The Morgan fingerprint density at radius 3 is 2.46 bits per heavy atom. The normalized spacial score (nSPS) is 12.1. The number of aromatic amines is 1. The number of rotatable bonds is 3. The molecule has 1 heterocycles. The lowest BCUT2D eigenvalue weighted by Crippen LogP contribution is -2.27. The van der Waals surface area contributed by atoms with Gasteiger partial charge in [-0.1, -0.05) is 17.7 Å². The molecule has 26 heavy (non-hydrogen) atoms. The van der Waals surface area contributed by atoms with E-state index in [1.54, 1.807) is 20.8 Å². The number of H-pyrrole nitrogens is 1. The monoisotopic (exact) mass is 388 g/mol. The molecule has 1 aromatic carbocycles. The summed E-state index contributed by atoms with van der Waals surface area (Å²) >= 11 is 5.82. The lowest BCUT2D eigenvalue weighted by atomic mass is 10.1. The van der Waals surface area contributed by atoms with Crippen LogP contribution in [0.3, 0.4) is 0 Å². The standard InChI is InChI=1S/C17H16ClF3N2O3/c1-16(2,3)26-12(24)7-9-8-22-14(23-15(9)25)10-5-4-6-11(13(10)18)17(19,20)21/h4-6,8H,7H2,1-3H3,(H,22,23,25). The number of nitrogens with zero attached hydrogens (tertiary/aromatic N) is 1. The first-order valence-electron chi connectivity index (χ1n) is 7.54. The molecular weight excluding hydrogens is 373 g/mol. The summed E-state index contributed by atoms with van der Waals surface area (Å²) in [6.45, 7) is 5.06. The van der Waals surface area contributed by atoms with Crippen LogP contribution in [-0.4, -0.2) is 21.5 Å². The van der Waals surface area contributed by atoms with Crippen LogP contribution in [0.15, 0.2) is 29.2 Å². The number of nitrogens with one attached hydrogen (secondary N) is 1. The first kappa shape index (κ1) is 20.0. The Labute approximate surface area is 152 Å². The molecule has 140 valence electrons. The van der Waals surface area contributed by atoms with Gasteiger partial charge in [0, 0.05) is 17.3 Å². The average Bonchev–Trinajstić information content (AvgIpc) is 2.46. The lowest BCUT2D eigenvalue weighted by Gasteiger charge is -2.19. The van der Waals surface area contributed by atoms with Crippen molar-refractivity contribution in [2.75, 3.05) is 0 Å². The van der Waals surface area contributed by atoms with Gasteiger partial charge in [-0.3, -0.25) is 9.59 Å². The zero-order valence-electron chi connectivity index (χ0n) is 14.2. The minimum atomic E-state index is -4.63. The maximum atomic E-state index is 12.9. The van der Waals surface area contributed by atoms with Gasteiger partial charge in [0.15, 0.2) is 0 Å². The van der Waals surface area contributed by atoms with Crippen molar-refractivity contribution in [3.05, 3.63) is 50.9 Å². The molecule has 0 saturated heterocycles. The molecule has 9 heteroatoms. The molecule has 0 fully saturated rings. The maximum absolute atomic E-state index is 12.9. The van der Waals surface area contributed by atoms with Gasteiger partial charge in [0.1, 0.15) is 11.4 Å². The Balaban J connectivity index is 2.34. The van der Waals surface area contributed by atoms with E-state index >= 15 is 0 Å². The van der Waals surface area contributed by atoms with Gasteiger partial charge in [-0.15, -0.1) is 0 Å². The van der Waals surface area contributed by atoms with Crippen molar-refractivity contribution in [1.82, 2.24) is 9.97 Å². The van der Waals surface area contributed by atoms with Gasteiger partial charge in [0.25, 0.3) is 5.56 Å². The molecule has 0 spiro atoms. The average molecular weight is 389 g/mol. The van der Waals surface area contributed by atoms with Gasteiger partial charge in [-0.25, -0.2) is 4.98 Å². The van der Waals surface area contributed by atoms with Gasteiger partial charge in [0.05, 0.1) is 17.0 Å². The third-order valence-electron chi connectivity index (χ3n) is 3.19. The highest BCUT2D eigenvalue weighted by molar-refractivity contribution is 6.34. The maximum Gasteiger partial charge on any atom is 0.417 e. The van der Waals surface area contributed by atoms with Crippen molar-refractivity contribution in [2.45, 2.75) is 39.0 Å². The summed E-state index contributed by atoms with van der Waals surface area (Å²) in [5.74, 6) is -0.742. The highest BCUT2D eigenvalue weighted by Crippen LogP contribution is 2.38. The molecule has 0 saturated carbocycles. The van der Waals surface area contributed by atoms with E-state index in [1.807, 2.05) is 0 Å².